The molecule has 1 atom stereocenters. The Morgan fingerprint density at radius 1 is 1.32 bits per heavy atom. The summed E-state index contributed by atoms with van der Waals surface area (Å²) in [7, 11) is 0. The third kappa shape index (κ3) is 4.18. The van der Waals surface area contributed by atoms with Gasteiger partial charge in [0.05, 0.1) is 12.1 Å². The van der Waals surface area contributed by atoms with Gasteiger partial charge in [-0.05, 0) is 30.5 Å². The topological polar surface area (TPSA) is 72.9 Å². The second kappa shape index (κ2) is 7.22. The number of amides is 1. The Morgan fingerprint density at radius 3 is 2.68 bits per heavy atom. The zero-order valence-electron chi connectivity index (χ0n) is 13.2. The van der Waals surface area contributed by atoms with E-state index in [0.29, 0.717) is 19.5 Å². The van der Waals surface area contributed by atoms with Gasteiger partial charge in [0.25, 0.3) is 0 Å². The second-order valence-corrected chi connectivity index (χ2v) is 5.82. The van der Waals surface area contributed by atoms with E-state index in [2.05, 4.69) is 16.5 Å². The maximum absolute atomic E-state index is 12.2. The third-order valence-electron chi connectivity index (χ3n) is 3.74. The molecule has 0 saturated carbocycles. The standard InChI is InChI=1S/C17H24N4O/c1-3-9-17(2,18)16(22)19-12-14-7-4-5-8-15(14)13-21-11-6-10-20-21/h4-8,10-11H,3,9,12-13,18H2,1-2H3,(H,19,22). The van der Waals surface area contributed by atoms with Crippen LogP contribution in [0.25, 0.3) is 0 Å². The summed E-state index contributed by atoms with van der Waals surface area (Å²) in [6.45, 7) is 4.97. The summed E-state index contributed by atoms with van der Waals surface area (Å²) < 4.78 is 1.87. The SMILES string of the molecule is CCCC(C)(N)C(=O)NCc1ccccc1Cn1cccn1. The van der Waals surface area contributed by atoms with Gasteiger partial charge in [-0.25, -0.2) is 0 Å². The van der Waals surface area contributed by atoms with Crippen molar-refractivity contribution in [3.05, 3.63) is 53.9 Å². The van der Waals surface area contributed by atoms with Gasteiger partial charge in [0.15, 0.2) is 0 Å². The Balaban J connectivity index is 2.02. The Bertz CT molecular complexity index is 605. The number of aromatic nitrogens is 2. The molecule has 0 saturated heterocycles. The van der Waals surface area contributed by atoms with E-state index in [-0.39, 0.29) is 5.91 Å². The van der Waals surface area contributed by atoms with Crippen LogP contribution in [0.15, 0.2) is 42.7 Å². The van der Waals surface area contributed by atoms with Crippen LogP contribution < -0.4 is 11.1 Å². The van der Waals surface area contributed by atoms with E-state index in [1.165, 1.54) is 0 Å². The number of nitrogens with zero attached hydrogens (tertiary/aromatic N) is 2. The largest absolute Gasteiger partial charge is 0.350 e. The third-order valence-corrected chi connectivity index (χ3v) is 3.74. The van der Waals surface area contributed by atoms with Crippen LogP contribution in [0.4, 0.5) is 0 Å². The number of nitrogens with one attached hydrogen (secondary N) is 1. The van der Waals surface area contributed by atoms with Gasteiger partial charge in [-0.2, -0.15) is 5.10 Å². The van der Waals surface area contributed by atoms with Crippen LogP contribution in [0.3, 0.4) is 0 Å². The second-order valence-electron chi connectivity index (χ2n) is 5.82. The van der Waals surface area contributed by atoms with Crippen molar-refractivity contribution in [1.82, 2.24) is 15.1 Å². The van der Waals surface area contributed by atoms with Crippen molar-refractivity contribution in [1.29, 1.82) is 0 Å². The van der Waals surface area contributed by atoms with Crippen molar-refractivity contribution >= 4 is 5.91 Å². The lowest BCUT2D eigenvalue weighted by Crippen LogP contribution is -2.51. The van der Waals surface area contributed by atoms with E-state index in [4.69, 9.17) is 5.73 Å². The van der Waals surface area contributed by atoms with E-state index >= 15 is 0 Å². The molecule has 5 nitrogen and oxygen atoms in total. The highest BCUT2D eigenvalue weighted by Crippen LogP contribution is 2.12. The maximum atomic E-state index is 12.2. The summed E-state index contributed by atoms with van der Waals surface area (Å²) in [6.07, 6.45) is 5.24. The molecule has 0 aliphatic heterocycles. The molecule has 1 amide bonds. The smallest absolute Gasteiger partial charge is 0.240 e. The lowest BCUT2D eigenvalue weighted by molar-refractivity contribution is -0.126. The van der Waals surface area contributed by atoms with Gasteiger partial charge in [-0.1, -0.05) is 37.6 Å². The molecule has 0 radical (unpaired) electrons. The summed E-state index contributed by atoms with van der Waals surface area (Å²) in [5, 5.41) is 7.17. The molecule has 118 valence electrons. The molecule has 2 aromatic rings. The number of carbonyl (C=O) groups is 1. The number of nitrogens with two attached hydrogens (primary N) is 1. The fourth-order valence-corrected chi connectivity index (χ4v) is 2.46. The van der Waals surface area contributed by atoms with Crippen LogP contribution in [0.5, 0.6) is 0 Å². The van der Waals surface area contributed by atoms with Crippen molar-refractivity contribution in [2.45, 2.75) is 45.3 Å². The van der Waals surface area contributed by atoms with E-state index < -0.39 is 5.54 Å². The molecule has 0 fully saturated rings. The van der Waals surface area contributed by atoms with Gasteiger partial charge >= 0.3 is 0 Å². The van der Waals surface area contributed by atoms with E-state index in [9.17, 15) is 4.79 Å². The van der Waals surface area contributed by atoms with E-state index in [1.54, 1.807) is 13.1 Å². The number of rotatable bonds is 7. The van der Waals surface area contributed by atoms with Gasteiger partial charge in [-0.15, -0.1) is 0 Å². The maximum Gasteiger partial charge on any atom is 0.240 e. The van der Waals surface area contributed by atoms with E-state index in [0.717, 1.165) is 17.5 Å². The average molecular weight is 300 g/mol. The predicted molar refractivity (Wildman–Crippen MR) is 87.1 cm³/mol. The fourth-order valence-electron chi connectivity index (χ4n) is 2.46. The van der Waals surface area contributed by atoms with Crippen LogP contribution >= 0.6 is 0 Å². The highest BCUT2D eigenvalue weighted by molar-refractivity contribution is 5.85. The van der Waals surface area contributed by atoms with Crippen molar-refractivity contribution in [3.63, 3.8) is 0 Å². The minimum absolute atomic E-state index is 0.108. The molecule has 0 spiro atoms. The highest BCUT2D eigenvalue weighted by Gasteiger charge is 2.26. The van der Waals surface area contributed by atoms with Crippen molar-refractivity contribution in [3.8, 4) is 0 Å². The lowest BCUT2D eigenvalue weighted by atomic mass is 9.96. The molecule has 0 aliphatic rings. The first-order valence-corrected chi connectivity index (χ1v) is 7.64. The number of carbonyl (C=O) groups excluding carboxylic acids is 1. The molecule has 1 aromatic carbocycles. The number of hydrogen-bond donors (Lipinski definition) is 2. The van der Waals surface area contributed by atoms with Crippen molar-refractivity contribution in [2.75, 3.05) is 0 Å². The molecule has 5 heteroatoms. The number of benzene rings is 1. The summed E-state index contributed by atoms with van der Waals surface area (Å²) >= 11 is 0. The first-order valence-electron chi connectivity index (χ1n) is 7.64. The molecular formula is C17H24N4O. The monoisotopic (exact) mass is 300 g/mol. The van der Waals surface area contributed by atoms with Gasteiger partial charge < -0.3 is 11.1 Å². The summed E-state index contributed by atoms with van der Waals surface area (Å²) in [5.74, 6) is -0.108. The number of hydrogen-bond acceptors (Lipinski definition) is 3. The van der Waals surface area contributed by atoms with Crippen molar-refractivity contribution in [2.24, 2.45) is 5.73 Å². The molecule has 0 aliphatic carbocycles. The molecule has 1 heterocycles. The van der Waals surface area contributed by atoms with Crippen LogP contribution in [0, 0.1) is 0 Å². The molecule has 0 bridgehead atoms. The minimum Gasteiger partial charge on any atom is -0.350 e. The summed E-state index contributed by atoms with van der Waals surface area (Å²) in [6, 6.07) is 9.94. The first-order chi connectivity index (χ1) is 10.5. The Morgan fingerprint density at radius 2 is 2.05 bits per heavy atom. The van der Waals surface area contributed by atoms with Crippen LogP contribution in [-0.4, -0.2) is 21.2 Å². The molecule has 2 rings (SSSR count). The first kappa shape index (κ1) is 16.2. The molecule has 1 aromatic heterocycles. The van der Waals surface area contributed by atoms with Crippen LogP contribution in [-0.2, 0) is 17.9 Å². The quantitative estimate of drug-likeness (QED) is 0.822. The van der Waals surface area contributed by atoms with Gasteiger partial charge in [-0.3, -0.25) is 9.48 Å². The fraction of sp³-hybridized carbons (Fsp3) is 0.412. The molecule has 22 heavy (non-hydrogen) atoms. The predicted octanol–water partition coefficient (Wildman–Crippen LogP) is 2.07. The zero-order chi connectivity index (χ0) is 16.0. The van der Waals surface area contributed by atoms with Crippen LogP contribution in [0.1, 0.15) is 37.8 Å². The Hall–Kier alpha value is -2.14. The normalized spacial score (nSPS) is 13.6. The van der Waals surface area contributed by atoms with Crippen LogP contribution in [0.2, 0.25) is 0 Å². The molecule has 1 unspecified atom stereocenters. The molecule has 3 N–H and O–H groups in total. The zero-order valence-corrected chi connectivity index (χ0v) is 13.2. The average Bonchev–Trinajstić information content (AvgIpc) is 2.99. The highest BCUT2D eigenvalue weighted by atomic mass is 16.2. The minimum atomic E-state index is -0.814. The lowest BCUT2D eigenvalue weighted by Gasteiger charge is -2.23. The molecular weight excluding hydrogens is 276 g/mol. The van der Waals surface area contributed by atoms with E-state index in [1.807, 2.05) is 42.1 Å². The van der Waals surface area contributed by atoms with Gasteiger partial charge in [0.2, 0.25) is 5.91 Å². The summed E-state index contributed by atoms with van der Waals surface area (Å²) in [4.78, 5) is 12.2. The Kier molecular flexibility index (Phi) is 5.33. The van der Waals surface area contributed by atoms with Gasteiger partial charge in [0, 0.05) is 18.9 Å². The summed E-state index contributed by atoms with van der Waals surface area (Å²) in [5.41, 5.74) is 7.46. The van der Waals surface area contributed by atoms with Gasteiger partial charge in [0.1, 0.15) is 0 Å². The Labute approximate surface area is 131 Å². The van der Waals surface area contributed by atoms with Crippen molar-refractivity contribution < 1.29 is 4.79 Å².